The summed E-state index contributed by atoms with van der Waals surface area (Å²) in [7, 11) is 0. The van der Waals surface area contributed by atoms with E-state index in [1.807, 2.05) is 13.8 Å². The van der Waals surface area contributed by atoms with Crippen LogP contribution in [0.1, 0.15) is 25.5 Å². The normalized spacial score (nSPS) is 11.1. The number of carbonyl (C=O) groups excluding carboxylic acids is 1. The Bertz CT molecular complexity index is 948. The van der Waals surface area contributed by atoms with Crippen molar-refractivity contribution in [3.8, 4) is 0 Å². The van der Waals surface area contributed by atoms with Gasteiger partial charge in [-0.05, 0) is 18.1 Å². The Morgan fingerprint density at radius 3 is 2.75 bits per heavy atom. The number of nitrogens with zero attached hydrogens (tertiary/aromatic N) is 4. The largest absolute Gasteiger partial charge is 0.391 e. The van der Waals surface area contributed by atoms with Crippen molar-refractivity contribution in [2.24, 2.45) is 0 Å². The van der Waals surface area contributed by atoms with Crippen LogP contribution in [0, 0.1) is 0 Å². The van der Waals surface area contributed by atoms with Crippen molar-refractivity contribution < 1.29 is 4.79 Å². The summed E-state index contributed by atoms with van der Waals surface area (Å²) in [5.41, 5.74) is 6.23. The van der Waals surface area contributed by atoms with Gasteiger partial charge in [0.1, 0.15) is 11.2 Å². The first-order valence-electron chi connectivity index (χ1n) is 7.32. The Labute approximate surface area is 141 Å². The minimum atomic E-state index is -0.422. The SMILES string of the molecule is CC(C)c1nn(CC(=O)Nc2ncccn2)c(=O)c2sc(N)cc12. The lowest BCUT2D eigenvalue weighted by atomic mass is 10.1. The van der Waals surface area contributed by atoms with Crippen molar-refractivity contribution in [2.45, 2.75) is 26.3 Å². The molecule has 3 aromatic rings. The van der Waals surface area contributed by atoms with Gasteiger partial charge in [0.15, 0.2) is 0 Å². The maximum Gasteiger partial charge on any atom is 0.285 e. The van der Waals surface area contributed by atoms with E-state index in [-0.39, 0.29) is 24.0 Å². The summed E-state index contributed by atoms with van der Waals surface area (Å²) in [6.07, 6.45) is 3.04. The maximum atomic E-state index is 12.5. The van der Waals surface area contributed by atoms with Crippen molar-refractivity contribution in [3.05, 3.63) is 40.6 Å². The van der Waals surface area contributed by atoms with Gasteiger partial charge in [-0.25, -0.2) is 14.6 Å². The number of thiophene rings is 1. The van der Waals surface area contributed by atoms with Gasteiger partial charge in [0, 0.05) is 17.8 Å². The molecule has 0 radical (unpaired) electrons. The number of carbonyl (C=O) groups is 1. The highest BCUT2D eigenvalue weighted by Crippen LogP contribution is 2.29. The summed E-state index contributed by atoms with van der Waals surface area (Å²) in [6.45, 7) is 3.73. The van der Waals surface area contributed by atoms with Gasteiger partial charge in [-0.15, -0.1) is 11.3 Å². The molecule has 0 aromatic carbocycles. The van der Waals surface area contributed by atoms with E-state index in [0.717, 1.165) is 15.8 Å². The molecule has 9 heteroatoms. The number of hydrogen-bond donors (Lipinski definition) is 2. The Kier molecular flexibility index (Phi) is 4.26. The summed E-state index contributed by atoms with van der Waals surface area (Å²) in [5.74, 6) is -0.149. The van der Waals surface area contributed by atoms with Crippen LogP contribution in [0.4, 0.5) is 10.9 Å². The molecular weight excluding hydrogens is 328 g/mol. The van der Waals surface area contributed by atoms with Gasteiger partial charge in [-0.2, -0.15) is 5.10 Å². The molecule has 0 aliphatic rings. The van der Waals surface area contributed by atoms with Gasteiger partial charge in [0.2, 0.25) is 11.9 Å². The molecule has 0 fully saturated rings. The van der Waals surface area contributed by atoms with E-state index >= 15 is 0 Å². The lowest BCUT2D eigenvalue weighted by molar-refractivity contribution is -0.117. The summed E-state index contributed by atoms with van der Waals surface area (Å²) >= 11 is 1.20. The van der Waals surface area contributed by atoms with Crippen LogP contribution in [-0.2, 0) is 11.3 Å². The van der Waals surface area contributed by atoms with E-state index in [9.17, 15) is 9.59 Å². The van der Waals surface area contributed by atoms with E-state index in [1.165, 1.54) is 23.7 Å². The van der Waals surface area contributed by atoms with Gasteiger partial charge < -0.3 is 5.73 Å². The molecule has 3 N–H and O–H groups in total. The minimum absolute atomic E-state index is 0.0915. The monoisotopic (exact) mass is 344 g/mol. The Morgan fingerprint density at radius 2 is 2.08 bits per heavy atom. The van der Waals surface area contributed by atoms with E-state index in [4.69, 9.17) is 5.73 Å². The first-order chi connectivity index (χ1) is 11.5. The topological polar surface area (TPSA) is 116 Å². The predicted octanol–water partition coefficient (Wildman–Crippen LogP) is 1.59. The predicted molar refractivity (Wildman–Crippen MR) is 93.0 cm³/mol. The maximum absolute atomic E-state index is 12.5. The molecule has 0 spiro atoms. The number of anilines is 2. The van der Waals surface area contributed by atoms with Gasteiger partial charge in [0.25, 0.3) is 5.56 Å². The third-order valence-corrected chi connectivity index (χ3v) is 4.29. The molecule has 3 aromatic heterocycles. The zero-order valence-corrected chi connectivity index (χ0v) is 14.0. The van der Waals surface area contributed by atoms with Gasteiger partial charge in [0.05, 0.1) is 10.7 Å². The molecule has 124 valence electrons. The smallest absolute Gasteiger partial charge is 0.285 e. The van der Waals surface area contributed by atoms with Gasteiger partial charge in [-0.3, -0.25) is 14.9 Å². The summed E-state index contributed by atoms with van der Waals surface area (Å²) < 4.78 is 1.67. The zero-order valence-electron chi connectivity index (χ0n) is 13.2. The average Bonchev–Trinajstić information content (AvgIpc) is 2.92. The highest BCUT2D eigenvalue weighted by molar-refractivity contribution is 7.22. The van der Waals surface area contributed by atoms with E-state index in [2.05, 4.69) is 20.4 Å². The Balaban J connectivity index is 1.96. The molecule has 8 nitrogen and oxygen atoms in total. The molecule has 24 heavy (non-hydrogen) atoms. The van der Waals surface area contributed by atoms with Crippen LogP contribution in [0.3, 0.4) is 0 Å². The standard InChI is InChI=1S/C15H16N6O2S/c1-8(2)12-9-6-10(16)24-13(9)14(23)21(20-12)7-11(22)19-15-17-4-3-5-18-15/h3-6,8H,7,16H2,1-2H3,(H,17,18,19,22). The highest BCUT2D eigenvalue weighted by atomic mass is 32.1. The molecule has 0 bridgehead atoms. The molecule has 3 heterocycles. The van der Waals surface area contributed by atoms with Gasteiger partial charge >= 0.3 is 0 Å². The number of fused-ring (bicyclic) bond motifs is 1. The van der Waals surface area contributed by atoms with Crippen LogP contribution >= 0.6 is 11.3 Å². The fourth-order valence-electron chi connectivity index (χ4n) is 2.30. The second kappa shape index (κ2) is 6.36. The van der Waals surface area contributed by atoms with E-state index in [0.29, 0.717) is 9.70 Å². The number of rotatable bonds is 4. The number of aromatic nitrogens is 4. The molecule has 3 rings (SSSR count). The third kappa shape index (κ3) is 3.11. The molecule has 0 saturated heterocycles. The number of nitrogens with two attached hydrogens (primary N) is 1. The van der Waals surface area contributed by atoms with E-state index < -0.39 is 5.91 Å². The van der Waals surface area contributed by atoms with E-state index in [1.54, 1.807) is 12.1 Å². The molecule has 0 aliphatic carbocycles. The summed E-state index contributed by atoms with van der Waals surface area (Å²) in [5, 5.41) is 8.18. The van der Waals surface area contributed by atoms with Crippen molar-refractivity contribution >= 4 is 38.3 Å². The third-order valence-electron chi connectivity index (χ3n) is 3.34. The first-order valence-corrected chi connectivity index (χ1v) is 8.14. The minimum Gasteiger partial charge on any atom is -0.391 e. The molecule has 0 aliphatic heterocycles. The molecule has 0 unspecified atom stereocenters. The van der Waals surface area contributed by atoms with Crippen LogP contribution in [0.15, 0.2) is 29.3 Å². The van der Waals surface area contributed by atoms with Crippen LogP contribution < -0.4 is 16.6 Å². The number of nitrogens with one attached hydrogen (secondary N) is 1. The molecule has 0 saturated carbocycles. The lowest BCUT2D eigenvalue weighted by Gasteiger charge is -2.10. The average molecular weight is 344 g/mol. The van der Waals surface area contributed by atoms with Crippen molar-refractivity contribution in [3.63, 3.8) is 0 Å². The highest BCUT2D eigenvalue weighted by Gasteiger charge is 2.17. The Morgan fingerprint density at radius 1 is 1.38 bits per heavy atom. The summed E-state index contributed by atoms with van der Waals surface area (Å²) in [4.78, 5) is 32.5. The van der Waals surface area contributed by atoms with Crippen LogP contribution in [0.25, 0.3) is 10.1 Å². The number of hydrogen-bond acceptors (Lipinski definition) is 7. The number of nitrogen functional groups attached to an aromatic ring is 1. The second-order valence-corrected chi connectivity index (χ2v) is 6.60. The lowest BCUT2D eigenvalue weighted by Crippen LogP contribution is -2.30. The fourth-order valence-corrected chi connectivity index (χ4v) is 3.18. The quantitative estimate of drug-likeness (QED) is 0.742. The van der Waals surface area contributed by atoms with Crippen LogP contribution in [-0.4, -0.2) is 25.7 Å². The summed E-state index contributed by atoms with van der Waals surface area (Å²) in [6, 6.07) is 3.40. The van der Waals surface area contributed by atoms with Crippen LogP contribution in [0.5, 0.6) is 0 Å². The Hall–Kier alpha value is -2.81. The number of amides is 1. The molecular formula is C15H16N6O2S. The van der Waals surface area contributed by atoms with Crippen molar-refractivity contribution in [2.75, 3.05) is 11.1 Å². The van der Waals surface area contributed by atoms with Crippen molar-refractivity contribution in [1.82, 2.24) is 19.7 Å². The zero-order chi connectivity index (χ0) is 17.3. The van der Waals surface area contributed by atoms with Gasteiger partial charge in [-0.1, -0.05) is 13.8 Å². The fraction of sp³-hybridized carbons (Fsp3) is 0.267. The van der Waals surface area contributed by atoms with Crippen LogP contribution in [0.2, 0.25) is 0 Å². The molecule has 0 atom stereocenters. The first kappa shape index (κ1) is 16.1. The second-order valence-electron chi connectivity index (χ2n) is 5.51. The van der Waals surface area contributed by atoms with Crippen molar-refractivity contribution in [1.29, 1.82) is 0 Å². The molecule has 1 amide bonds.